The Hall–Kier alpha value is -3.16. The highest BCUT2D eigenvalue weighted by atomic mass is 19.4. The predicted octanol–water partition coefficient (Wildman–Crippen LogP) is 3.73. The number of benzene rings is 2. The number of hydrogen-bond acceptors (Lipinski definition) is 4. The van der Waals surface area contributed by atoms with Crippen molar-refractivity contribution >= 4 is 5.91 Å². The number of alkyl halides is 3. The summed E-state index contributed by atoms with van der Waals surface area (Å²) in [6, 6.07) is 15.7. The Bertz CT molecular complexity index is 875. The van der Waals surface area contributed by atoms with Crippen LogP contribution in [0.15, 0.2) is 59.1 Å². The van der Waals surface area contributed by atoms with Crippen LogP contribution in [0.25, 0.3) is 11.4 Å². The Kier molecular flexibility index (Phi) is 5.01. The van der Waals surface area contributed by atoms with Crippen molar-refractivity contribution in [1.29, 1.82) is 0 Å². The maximum absolute atomic E-state index is 12.5. The van der Waals surface area contributed by atoms with Gasteiger partial charge in [-0.05, 0) is 24.1 Å². The minimum Gasteiger partial charge on any atom is -0.352 e. The largest absolute Gasteiger partial charge is 0.471 e. The maximum Gasteiger partial charge on any atom is 0.471 e. The summed E-state index contributed by atoms with van der Waals surface area (Å²) in [6.07, 6.45) is -3.99. The highest BCUT2D eigenvalue weighted by Gasteiger charge is 2.38. The molecule has 0 aliphatic rings. The van der Waals surface area contributed by atoms with Crippen molar-refractivity contribution in [3.05, 3.63) is 71.6 Å². The van der Waals surface area contributed by atoms with Crippen LogP contribution in [0.1, 0.15) is 21.8 Å². The first-order chi connectivity index (χ1) is 12.4. The van der Waals surface area contributed by atoms with Gasteiger partial charge in [0.2, 0.25) is 5.82 Å². The van der Waals surface area contributed by atoms with Gasteiger partial charge in [-0.2, -0.15) is 18.2 Å². The highest BCUT2D eigenvalue weighted by Crippen LogP contribution is 2.29. The minimum atomic E-state index is -4.69. The molecule has 0 radical (unpaired) electrons. The van der Waals surface area contributed by atoms with Crippen molar-refractivity contribution < 1.29 is 22.5 Å². The van der Waals surface area contributed by atoms with Crippen LogP contribution >= 0.6 is 0 Å². The van der Waals surface area contributed by atoms with Crippen LogP contribution in [0.3, 0.4) is 0 Å². The van der Waals surface area contributed by atoms with E-state index in [1.54, 1.807) is 0 Å². The Morgan fingerprint density at radius 3 is 2.35 bits per heavy atom. The van der Waals surface area contributed by atoms with Crippen molar-refractivity contribution in [3.63, 3.8) is 0 Å². The topological polar surface area (TPSA) is 68.0 Å². The average Bonchev–Trinajstić information content (AvgIpc) is 3.13. The standard InChI is InChI=1S/C18H14F3N3O2/c19-18(20,21)17-23-15(24-26-17)13-6-8-14(9-7-13)16(25)22-11-10-12-4-2-1-3-5-12/h1-9H,10-11H2,(H,22,25). The SMILES string of the molecule is O=C(NCCc1ccccc1)c1ccc(-c2noc(C(F)(F)F)n2)cc1. The van der Waals surface area contributed by atoms with Crippen LogP contribution in [-0.4, -0.2) is 22.6 Å². The summed E-state index contributed by atoms with van der Waals surface area (Å²) < 4.78 is 41.6. The number of nitrogens with one attached hydrogen (secondary N) is 1. The molecule has 0 aliphatic carbocycles. The molecule has 1 heterocycles. The first kappa shape index (κ1) is 17.7. The quantitative estimate of drug-likeness (QED) is 0.752. The molecule has 3 rings (SSSR count). The fourth-order valence-electron chi connectivity index (χ4n) is 2.29. The van der Waals surface area contributed by atoms with Gasteiger partial charge in [-0.1, -0.05) is 47.6 Å². The zero-order valence-corrected chi connectivity index (χ0v) is 13.5. The van der Waals surface area contributed by atoms with Crippen molar-refractivity contribution in [2.45, 2.75) is 12.6 Å². The van der Waals surface area contributed by atoms with Crippen LogP contribution in [0.5, 0.6) is 0 Å². The third-order valence-electron chi connectivity index (χ3n) is 3.62. The molecule has 134 valence electrons. The molecule has 0 spiro atoms. The number of nitrogens with zero attached hydrogens (tertiary/aromatic N) is 2. The van der Waals surface area contributed by atoms with Crippen LogP contribution < -0.4 is 5.32 Å². The summed E-state index contributed by atoms with van der Waals surface area (Å²) in [4.78, 5) is 15.4. The van der Waals surface area contributed by atoms with Gasteiger partial charge in [0.1, 0.15) is 0 Å². The molecule has 1 N–H and O–H groups in total. The number of carbonyl (C=O) groups is 1. The molecule has 8 heteroatoms. The Morgan fingerprint density at radius 1 is 1.04 bits per heavy atom. The van der Waals surface area contributed by atoms with Crippen LogP contribution in [0, 0.1) is 0 Å². The van der Waals surface area contributed by atoms with Gasteiger partial charge in [-0.15, -0.1) is 0 Å². The van der Waals surface area contributed by atoms with E-state index in [0.717, 1.165) is 5.56 Å². The number of amides is 1. The molecular weight excluding hydrogens is 347 g/mol. The van der Waals surface area contributed by atoms with Crippen molar-refractivity contribution in [3.8, 4) is 11.4 Å². The van der Waals surface area contributed by atoms with Gasteiger partial charge >= 0.3 is 12.1 Å². The van der Waals surface area contributed by atoms with Gasteiger partial charge in [0.05, 0.1) is 0 Å². The van der Waals surface area contributed by atoms with E-state index in [2.05, 4.69) is 20.0 Å². The van der Waals surface area contributed by atoms with Crippen LogP contribution in [0.4, 0.5) is 13.2 Å². The van der Waals surface area contributed by atoms with Gasteiger partial charge in [0, 0.05) is 17.7 Å². The summed E-state index contributed by atoms with van der Waals surface area (Å²) in [6.45, 7) is 0.477. The van der Waals surface area contributed by atoms with E-state index in [0.29, 0.717) is 24.1 Å². The third-order valence-corrected chi connectivity index (χ3v) is 3.62. The smallest absolute Gasteiger partial charge is 0.352 e. The van der Waals surface area contributed by atoms with Gasteiger partial charge in [0.25, 0.3) is 5.91 Å². The second kappa shape index (κ2) is 7.38. The minimum absolute atomic E-state index is 0.187. The lowest BCUT2D eigenvalue weighted by atomic mass is 10.1. The molecule has 1 aromatic heterocycles. The summed E-state index contributed by atoms with van der Waals surface area (Å²) >= 11 is 0. The van der Waals surface area contributed by atoms with E-state index in [1.807, 2.05) is 30.3 Å². The second-order valence-corrected chi connectivity index (χ2v) is 5.49. The zero-order chi connectivity index (χ0) is 18.6. The monoisotopic (exact) mass is 361 g/mol. The molecular formula is C18H14F3N3O2. The lowest BCUT2D eigenvalue weighted by Gasteiger charge is -2.06. The number of carbonyl (C=O) groups excluding carboxylic acids is 1. The van der Waals surface area contributed by atoms with Crippen molar-refractivity contribution in [2.24, 2.45) is 0 Å². The van der Waals surface area contributed by atoms with Crippen LogP contribution in [-0.2, 0) is 12.6 Å². The Morgan fingerprint density at radius 2 is 1.73 bits per heavy atom. The van der Waals surface area contributed by atoms with Gasteiger partial charge in [-0.25, -0.2) is 0 Å². The Labute approximate surface area is 146 Å². The van der Waals surface area contributed by atoms with Crippen LogP contribution in [0.2, 0.25) is 0 Å². The van der Waals surface area contributed by atoms with Gasteiger partial charge in [0.15, 0.2) is 0 Å². The normalized spacial score (nSPS) is 11.3. The fourth-order valence-corrected chi connectivity index (χ4v) is 2.29. The summed E-state index contributed by atoms with van der Waals surface area (Å²) in [5, 5.41) is 6.10. The summed E-state index contributed by atoms with van der Waals surface area (Å²) in [7, 11) is 0. The molecule has 0 fully saturated rings. The van der Waals surface area contributed by atoms with Gasteiger partial charge in [-0.3, -0.25) is 4.79 Å². The van der Waals surface area contributed by atoms with E-state index in [4.69, 9.17) is 0 Å². The number of hydrogen-bond donors (Lipinski definition) is 1. The van der Waals surface area contributed by atoms with E-state index in [9.17, 15) is 18.0 Å². The second-order valence-electron chi connectivity index (χ2n) is 5.49. The van der Waals surface area contributed by atoms with E-state index in [-0.39, 0.29) is 11.7 Å². The molecule has 0 bridgehead atoms. The fraction of sp³-hybridized carbons (Fsp3) is 0.167. The maximum atomic E-state index is 12.5. The third kappa shape index (κ3) is 4.27. The molecule has 0 saturated heterocycles. The molecule has 0 saturated carbocycles. The first-order valence-corrected chi connectivity index (χ1v) is 7.77. The predicted molar refractivity (Wildman–Crippen MR) is 87.2 cm³/mol. The number of aromatic nitrogens is 2. The van der Waals surface area contributed by atoms with Crippen molar-refractivity contribution in [1.82, 2.24) is 15.5 Å². The molecule has 0 atom stereocenters. The number of rotatable bonds is 5. The molecule has 0 unspecified atom stereocenters. The first-order valence-electron chi connectivity index (χ1n) is 7.77. The molecule has 0 aliphatic heterocycles. The van der Waals surface area contributed by atoms with E-state index >= 15 is 0 Å². The summed E-state index contributed by atoms with van der Waals surface area (Å²) in [5.41, 5.74) is 1.83. The molecule has 26 heavy (non-hydrogen) atoms. The zero-order valence-electron chi connectivity index (χ0n) is 13.5. The molecule has 2 aromatic carbocycles. The average molecular weight is 361 g/mol. The Balaban J connectivity index is 1.60. The molecule has 1 amide bonds. The van der Waals surface area contributed by atoms with Gasteiger partial charge < -0.3 is 9.84 Å². The molecule has 5 nitrogen and oxygen atoms in total. The molecule has 3 aromatic rings. The highest BCUT2D eigenvalue weighted by molar-refractivity contribution is 5.94. The summed E-state index contributed by atoms with van der Waals surface area (Å²) in [5.74, 6) is -1.86. The number of halogens is 3. The van der Waals surface area contributed by atoms with Crippen molar-refractivity contribution in [2.75, 3.05) is 6.54 Å². The lowest BCUT2D eigenvalue weighted by molar-refractivity contribution is -0.159. The van der Waals surface area contributed by atoms with E-state index in [1.165, 1.54) is 24.3 Å². The lowest BCUT2D eigenvalue weighted by Crippen LogP contribution is -2.25. The van der Waals surface area contributed by atoms with E-state index < -0.39 is 12.1 Å².